The molecule has 0 saturated carbocycles. The molecule has 0 aliphatic heterocycles. The molecule has 0 aliphatic rings. The molecule has 1 atom stereocenters. The zero-order chi connectivity index (χ0) is 12.3. The van der Waals surface area contributed by atoms with Crippen molar-refractivity contribution < 1.29 is 9.90 Å². The minimum absolute atomic E-state index is 0.260. The lowest BCUT2D eigenvalue weighted by Crippen LogP contribution is -2.22. The fraction of sp³-hybridized carbons (Fsp3) is 0.500. The Morgan fingerprint density at radius 2 is 2.00 bits per heavy atom. The molecule has 0 aromatic carbocycles. The number of pyridine rings is 1. The fourth-order valence-electron chi connectivity index (χ4n) is 1.27. The first-order valence-corrected chi connectivity index (χ1v) is 5.38. The van der Waals surface area contributed by atoms with Gasteiger partial charge in [0.2, 0.25) is 0 Å². The summed E-state index contributed by atoms with van der Waals surface area (Å²) in [5.41, 5.74) is 0.976. The maximum atomic E-state index is 10.9. The molecule has 0 bridgehead atoms. The van der Waals surface area contributed by atoms with Crippen molar-refractivity contribution in [2.45, 2.75) is 33.7 Å². The predicted molar refractivity (Wildman–Crippen MR) is 63.9 cm³/mol. The van der Waals surface area contributed by atoms with Crippen molar-refractivity contribution in [1.82, 2.24) is 4.98 Å². The van der Waals surface area contributed by atoms with Gasteiger partial charge in [0.15, 0.2) is 0 Å². The van der Waals surface area contributed by atoms with Crippen molar-refractivity contribution in [2.75, 3.05) is 5.32 Å². The van der Waals surface area contributed by atoms with E-state index in [4.69, 9.17) is 5.11 Å². The van der Waals surface area contributed by atoms with E-state index in [0.717, 1.165) is 0 Å². The molecule has 0 aliphatic carbocycles. The molecule has 2 N–H and O–H groups in total. The maximum absolute atomic E-state index is 10.9. The number of nitrogens with one attached hydrogen (secondary N) is 1. The molecule has 0 saturated heterocycles. The minimum Gasteiger partial charge on any atom is -0.478 e. The molecule has 1 rings (SSSR count). The number of aromatic nitrogens is 1. The van der Waals surface area contributed by atoms with E-state index in [0.29, 0.717) is 17.4 Å². The molecule has 1 heterocycles. The van der Waals surface area contributed by atoms with Gasteiger partial charge in [0.1, 0.15) is 5.82 Å². The van der Waals surface area contributed by atoms with Gasteiger partial charge in [-0.15, -0.1) is 0 Å². The van der Waals surface area contributed by atoms with Crippen LogP contribution in [0, 0.1) is 12.8 Å². The van der Waals surface area contributed by atoms with E-state index < -0.39 is 5.97 Å². The highest BCUT2D eigenvalue weighted by Gasteiger charge is 2.10. The van der Waals surface area contributed by atoms with E-state index in [2.05, 4.69) is 31.1 Å². The number of carboxylic acid groups (broad SMARTS) is 1. The third-order valence-corrected chi connectivity index (χ3v) is 2.58. The Balaban J connectivity index is 2.92. The lowest BCUT2D eigenvalue weighted by molar-refractivity contribution is 0.0696. The van der Waals surface area contributed by atoms with Gasteiger partial charge in [-0.3, -0.25) is 0 Å². The Morgan fingerprint density at radius 1 is 1.38 bits per heavy atom. The van der Waals surface area contributed by atoms with E-state index in [1.807, 2.05) is 0 Å². The van der Waals surface area contributed by atoms with Gasteiger partial charge in [-0.2, -0.15) is 0 Å². The lowest BCUT2D eigenvalue weighted by Gasteiger charge is -2.18. The Morgan fingerprint density at radius 3 is 2.50 bits per heavy atom. The summed E-state index contributed by atoms with van der Waals surface area (Å²) < 4.78 is 0. The maximum Gasteiger partial charge on any atom is 0.335 e. The zero-order valence-electron chi connectivity index (χ0n) is 10.1. The third-order valence-electron chi connectivity index (χ3n) is 2.58. The Labute approximate surface area is 95.7 Å². The van der Waals surface area contributed by atoms with E-state index >= 15 is 0 Å². The predicted octanol–water partition coefficient (Wildman–Crippen LogP) is 2.54. The van der Waals surface area contributed by atoms with E-state index in [1.54, 1.807) is 19.1 Å². The Kier molecular flexibility index (Phi) is 3.88. The second kappa shape index (κ2) is 4.96. The highest BCUT2D eigenvalue weighted by molar-refractivity contribution is 5.88. The molecular weight excluding hydrogens is 204 g/mol. The zero-order valence-corrected chi connectivity index (χ0v) is 10.1. The van der Waals surface area contributed by atoms with Crippen molar-refractivity contribution >= 4 is 11.8 Å². The van der Waals surface area contributed by atoms with Gasteiger partial charge in [0.25, 0.3) is 0 Å². The van der Waals surface area contributed by atoms with Gasteiger partial charge < -0.3 is 10.4 Å². The van der Waals surface area contributed by atoms with Gasteiger partial charge in [0, 0.05) is 11.7 Å². The van der Waals surface area contributed by atoms with Crippen LogP contribution in [-0.2, 0) is 0 Å². The molecule has 0 radical (unpaired) electrons. The fourth-order valence-corrected chi connectivity index (χ4v) is 1.27. The smallest absolute Gasteiger partial charge is 0.335 e. The van der Waals surface area contributed by atoms with Crippen LogP contribution >= 0.6 is 0 Å². The Hall–Kier alpha value is -1.58. The number of nitrogens with zero attached hydrogens (tertiary/aromatic N) is 1. The topological polar surface area (TPSA) is 62.2 Å². The summed E-state index contributed by atoms with van der Waals surface area (Å²) in [4.78, 5) is 15.1. The number of hydrogen-bond acceptors (Lipinski definition) is 3. The molecule has 1 unspecified atom stereocenters. The van der Waals surface area contributed by atoms with Crippen LogP contribution in [0.25, 0.3) is 0 Å². The first-order valence-electron chi connectivity index (χ1n) is 5.38. The normalized spacial score (nSPS) is 12.6. The second-order valence-corrected chi connectivity index (χ2v) is 4.36. The highest BCUT2D eigenvalue weighted by Crippen LogP contribution is 2.13. The van der Waals surface area contributed by atoms with Crippen LogP contribution in [-0.4, -0.2) is 22.1 Å². The van der Waals surface area contributed by atoms with Crippen molar-refractivity contribution in [2.24, 2.45) is 5.92 Å². The third kappa shape index (κ3) is 3.22. The SMILES string of the molecule is Cc1cc(C(=O)O)cc(NC(C)C(C)C)n1. The molecular formula is C12H18N2O2. The molecule has 4 nitrogen and oxygen atoms in total. The Bertz CT molecular complexity index is 389. The summed E-state index contributed by atoms with van der Waals surface area (Å²) in [5, 5.41) is 12.1. The number of aromatic carboxylic acids is 1. The van der Waals surface area contributed by atoms with E-state index in [1.165, 1.54) is 0 Å². The molecule has 0 amide bonds. The van der Waals surface area contributed by atoms with E-state index in [9.17, 15) is 4.79 Å². The van der Waals surface area contributed by atoms with Crippen LogP contribution in [0.5, 0.6) is 0 Å². The number of aryl methyl sites for hydroxylation is 1. The van der Waals surface area contributed by atoms with Crippen LogP contribution in [0.15, 0.2) is 12.1 Å². The highest BCUT2D eigenvalue weighted by atomic mass is 16.4. The van der Waals surface area contributed by atoms with Crippen LogP contribution in [0.3, 0.4) is 0 Å². The number of rotatable bonds is 4. The minimum atomic E-state index is -0.925. The number of carbonyl (C=O) groups is 1. The van der Waals surface area contributed by atoms with Crippen LogP contribution in [0.1, 0.15) is 36.8 Å². The second-order valence-electron chi connectivity index (χ2n) is 4.36. The summed E-state index contributed by atoms with van der Waals surface area (Å²) in [6.07, 6.45) is 0. The van der Waals surface area contributed by atoms with Gasteiger partial charge >= 0.3 is 5.97 Å². The summed E-state index contributed by atoms with van der Waals surface area (Å²) in [6, 6.07) is 3.39. The van der Waals surface area contributed by atoms with Crippen molar-refractivity contribution in [3.05, 3.63) is 23.4 Å². The average molecular weight is 222 g/mol. The van der Waals surface area contributed by atoms with Crippen LogP contribution in [0.2, 0.25) is 0 Å². The molecule has 1 aromatic heterocycles. The summed E-state index contributed by atoms with van der Waals surface area (Å²) in [5.74, 6) is 0.167. The van der Waals surface area contributed by atoms with Crippen molar-refractivity contribution in [3.63, 3.8) is 0 Å². The number of anilines is 1. The molecule has 0 spiro atoms. The molecule has 4 heteroatoms. The molecule has 16 heavy (non-hydrogen) atoms. The van der Waals surface area contributed by atoms with Gasteiger partial charge in [-0.05, 0) is 31.9 Å². The number of hydrogen-bond donors (Lipinski definition) is 2. The first kappa shape index (κ1) is 12.5. The largest absolute Gasteiger partial charge is 0.478 e. The van der Waals surface area contributed by atoms with Gasteiger partial charge in [-0.1, -0.05) is 13.8 Å². The van der Waals surface area contributed by atoms with Gasteiger partial charge in [0.05, 0.1) is 5.56 Å². The summed E-state index contributed by atoms with van der Waals surface area (Å²) in [6.45, 7) is 8.05. The van der Waals surface area contributed by atoms with Crippen LogP contribution in [0.4, 0.5) is 5.82 Å². The standard InChI is InChI=1S/C12H18N2O2/c1-7(2)9(4)14-11-6-10(12(15)16)5-8(3)13-11/h5-7,9H,1-4H3,(H,13,14)(H,15,16). The van der Waals surface area contributed by atoms with Gasteiger partial charge in [-0.25, -0.2) is 9.78 Å². The van der Waals surface area contributed by atoms with Crippen molar-refractivity contribution in [1.29, 1.82) is 0 Å². The number of carboxylic acids is 1. The monoisotopic (exact) mass is 222 g/mol. The van der Waals surface area contributed by atoms with Crippen molar-refractivity contribution in [3.8, 4) is 0 Å². The molecule has 88 valence electrons. The quantitative estimate of drug-likeness (QED) is 0.821. The molecule has 0 fully saturated rings. The lowest BCUT2D eigenvalue weighted by atomic mass is 10.1. The van der Waals surface area contributed by atoms with E-state index in [-0.39, 0.29) is 11.6 Å². The summed E-state index contributed by atoms with van der Waals surface area (Å²) in [7, 11) is 0. The average Bonchev–Trinajstić information content (AvgIpc) is 2.16. The van der Waals surface area contributed by atoms with Crippen LogP contribution < -0.4 is 5.32 Å². The first-order chi connectivity index (χ1) is 7.40. The molecule has 1 aromatic rings. The summed E-state index contributed by atoms with van der Waals surface area (Å²) >= 11 is 0.